The zero-order valence-electron chi connectivity index (χ0n) is 23.2. The van der Waals surface area contributed by atoms with Crippen molar-refractivity contribution in [3.63, 3.8) is 0 Å². The van der Waals surface area contributed by atoms with Gasteiger partial charge < -0.3 is 19.9 Å². The van der Waals surface area contributed by atoms with E-state index in [-0.39, 0.29) is 27.7 Å². The number of nitrogens with zero attached hydrogens (tertiary/aromatic N) is 3. The zero-order chi connectivity index (χ0) is 31.9. The molecule has 228 valence electrons. The zero-order valence-corrected chi connectivity index (χ0v) is 24.8. The Hall–Kier alpha value is -3.76. The lowest BCUT2D eigenvalue weighted by Gasteiger charge is -2.27. The van der Waals surface area contributed by atoms with Crippen molar-refractivity contribution in [2.75, 3.05) is 4.90 Å². The molecule has 0 bridgehead atoms. The first-order valence-corrected chi connectivity index (χ1v) is 14.6. The molecule has 1 aromatic carbocycles. The monoisotopic (exact) mass is 636 g/mol. The third-order valence-corrected chi connectivity index (χ3v) is 9.25. The van der Waals surface area contributed by atoms with Crippen molar-refractivity contribution in [3.8, 4) is 11.3 Å². The summed E-state index contributed by atoms with van der Waals surface area (Å²) in [5, 5.41) is 29.7. The predicted octanol–water partition coefficient (Wildman–Crippen LogP) is 6.43. The summed E-state index contributed by atoms with van der Waals surface area (Å²) in [5.41, 5.74) is -2.66. The minimum absolute atomic E-state index is 0.0544. The average molecular weight is 637 g/mol. The van der Waals surface area contributed by atoms with Crippen LogP contribution in [0.4, 0.5) is 28.6 Å². The van der Waals surface area contributed by atoms with Crippen LogP contribution in [-0.4, -0.2) is 53.0 Å². The van der Waals surface area contributed by atoms with Gasteiger partial charge in [-0.15, -0.1) is 16.1 Å². The molecule has 2 unspecified atom stereocenters. The minimum atomic E-state index is -4.92. The summed E-state index contributed by atoms with van der Waals surface area (Å²) in [4.78, 5) is 32.3. The molecule has 4 aromatic rings. The first-order valence-electron chi connectivity index (χ1n) is 12.6. The Balaban J connectivity index is 1.86. The second-order valence-corrected chi connectivity index (χ2v) is 13.7. The number of alkyl halides is 3. The van der Waals surface area contributed by atoms with Gasteiger partial charge in [0.1, 0.15) is 16.6 Å². The van der Waals surface area contributed by atoms with Crippen molar-refractivity contribution in [2.45, 2.75) is 50.3 Å². The van der Waals surface area contributed by atoms with E-state index < -0.39 is 46.1 Å². The van der Waals surface area contributed by atoms with Crippen LogP contribution in [0.5, 0.6) is 0 Å². The molecule has 2 amide bonds. The number of amides is 2. The molecule has 4 rings (SSSR count). The SMILES string of the molecule is CC(C)(C)[S+]([O-])NC(c1cccc(N(C(=O)O)C(=O)O)n1)c1cc2cccc(-c3cc([C@](C)(O)C(F)(F)F)ccn3)c2s1. The molecular weight excluding hydrogens is 609 g/mol. The lowest BCUT2D eigenvalue weighted by molar-refractivity contribution is -0.258. The van der Waals surface area contributed by atoms with E-state index in [1.54, 1.807) is 45.0 Å². The number of aliphatic hydroxyl groups is 1. The van der Waals surface area contributed by atoms with Crippen LogP contribution in [0.2, 0.25) is 0 Å². The number of imide groups is 1. The number of hydrogen-bond acceptors (Lipinski definition) is 8. The highest BCUT2D eigenvalue weighted by Crippen LogP contribution is 2.42. The van der Waals surface area contributed by atoms with Crippen molar-refractivity contribution < 1.29 is 42.6 Å². The van der Waals surface area contributed by atoms with Crippen molar-refractivity contribution in [3.05, 3.63) is 76.9 Å². The number of halogens is 3. The van der Waals surface area contributed by atoms with E-state index in [4.69, 9.17) is 0 Å². The fourth-order valence-electron chi connectivity index (χ4n) is 4.02. The van der Waals surface area contributed by atoms with Gasteiger partial charge in [-0.2, -0.15) is 18.1 Å². The van der Waals surface area contributed by atoms with Gasteiger partial charge in [0.25, 0.3) is 0 Å². The van der Waals surface area contributed by atoms with Gasteiger partial charge in [-0.05, 0) is 69.0 Å². The van der Waals surface area contributed by atoms with Gasteiger partial charge in [-0.1, -0.05) is 24.3 Å². The third-order valence-electron chi connectivity index (χ3n) is 6.44. The number of carbonyl (C=O) groups is 2. The molecule has 0 aliphatic heterocycles. The van der Waals surface area contributed by atoms with E-state index in [9.17, 15) is 42.6 Å². The highest BCUT2D eigenvalue weighted by molar-refractivity contribution is 7.90. The van der Waals surface area contributed by atoms with Crippen LogP contribution in [0, 0.1) is 0 Å². The quantitative estimate of drug-likeness (QED) is 0.168. The van der Waals surface area contributed by atoms with Crippen LogP contribution in [0.15, 0.2) is 60.8 Å². The van der Waals surface area contributed by atoms with Crippen LogP contribution in [-0.2, 0) is 17.0 Å². The number of thiophene rings is 1. The Morgan fingerprint density at radius 3 is 2.28 bits per heavy atom. The molecular formula is C28H27F3N4O6S2. The highest BCUT2D eigenvalue weighted by Gasteiger charge is 2.51. The summed E-state index contributed by atoms with van der Waals surface area (Å²) in [6.45, 7) is 5.89. The molecule has 0 radical (unpaired) electrons. The van der Waals surface area contributed by atoms with Gasteiger partial charge in [0, 0.05) is 32.7 Å². The molecule has 0 fully saturated rings. The van der Waals surface area contributed by atoms with Crippen molar-refractivity contribution in [1.29, 1.82) is 0 Å². The summed E-state index contributed by atoms with van der Waals surface area (Å²) in [5.74, 6) is -0.384. The summed E-state index contributed by atoms with van der Waals surface area (Å²) >= 11 is -0.452. The maximum atomic E-state index is 13.5. The number of rotatable bonds is 7. The van der Waals surface area contributed by atoms with Gasteiger partial charge in [0.05, 0.1) is 11.4 Å². The van der Waals surface area contributed by atoms with Crippen LogP contribution in [0.1, 0.15) is 49.9 Å². The fourth-order valence-corrected chi connectivity index (χ4v) is 6.16. The molecule has 0 aliphatic carbocycles. The molecule has 3 atom stereocenters. The molecule has 3 heterocycles. The van der Waals surface area contributed by atoms with Gasteiger partial charge in [-0.3, -0.25) is 4.98 Å². The molecule has 4 N–H and O–H groups in total. The van der Waals surface area contributed by atoms with Gasteiger partial charge in [-0.25, -0.2) is 14.6 Å². The fraction of sp³-hybridized carbons (Fsp3) is 0.286. The Kier molecular flexibility index (Phi) is 8.77. The van der Waals surface area contributed by atoms with E-state index in [1.165, 1.54) is 41.8 Å². The molecule has 15 heteroatoms. The maximum Gasteiger partial charge on any atom is 0.422 e. The van der Waals surface area contributed by atoms with Gasteiger partial charge >= 0.3 is 18.4 Å². The number of aromatic nitrogens is 2. The highest BCUT2D eigenvalue weighted by atomic mass is 32.2. The predicted molar refractivity (Wildman–Crippen MR) is 156 cm³/mol. The Morgan fingerprint density at radius 1 is 1.02 bits per heavy atom. The number of carboxylic acid groups (broad SMARTS) is 2. The normalized spacial score (nSPS) is 15.1. The van der Waals surface area contributed by atoms with Crippen molar-refractivity contribution in [1.82, 2.24) is 14.7 Å². The van der Waals surface area contributed by atoms with Gasteiger partial charge in [0.15, 0.2) is 5.60 Å². The van der Waals surface area contributed by atoms with Gasteiger partial charge in [0.2, 0.25) is 0 Å². The average Bonchev–Trinajstić information content (AvgIpc) is 3.34. The number of benzene rings is 1. The number of pyridine rings is 2. The maximum absolute atomic E-state index is 13.5. The third kappa shape index (κ3) is 6.60. The van der Waals surface area contributed by atoms with Crippen LogP contribution in [0.25, 0.3) is 21.3 Å². The van der Waals surface area contributed by atoms with E-state index in [0.717, 1.165) is 6.07 Å². The summed E-state index contributed by atoms with van der Waals surface area (Å²) in [7, 11) is 0. The molecule has 3 aromatic heterocycles. The first-order chi connectivity index (χ1) is 19.9. The lowest BCUT2D eigenvalue weighted by Crippen LogP contribution is -2.41. The molecule has 0 aliphatic rings. The van der Waals surface area contributed by atoms with E-state index >= 15 is 0 Å². The topological polar surface area (TPSA) is 159 Å². The number of nitrogens with one attached hydrogen (secondary N) is 1. The second-order valence-electron chi connectivity index (χ2n) is 10.6. The van der Waals surface area contributed by atoms with Crippen molar-refractivity contribution >= 4 is 50.8 Å². The van der Waals surface area contributed by atoms with Crippen LogP contribution in [0.3, 0.4) is 0 Å². The number of hydrogen-bond donors (Lipinski definition) is 4. The molecule has 0 saturated heterocycles. The van der Waals surface area contributed by atoms with E-state index in [1.807, 2.05) is 0 Å². The number of fused-ring (bicyclic) bond motifs is 1. The van der Waals surface area contributed by atoms with E-state index in [2.05, 4.69) is 14.7 Å². The second kappa shape index (κ2) is 11.7. The summed E-state index contributed by atoms with van der Waals surface area (Å²) in [6.07, 6.45) is -7.26. The first kappa shape index (κ1) is 32.2. The van der Waals surface area contributed by atoms with Crippen LogP contribution >= 0.6 is 11.3 Å². The number of anilines is 1. The van der Waals surface area contributed by atoms with E-state index in [0.29, 0.717) is 27.5 Å². The standard InChI is InChI=1S/C28H27F3N4O6S2/c1-26(2,3)43(41)34-22(18-9-6-10-21(33-18)35(24(36)37)25(38)39)20-13-15-7-5-8-17(23(15)42-20)19-14-16(11-12-32-19)27(4,40)28(29,30)31/h5-14,22,34,40H,1-4H3,(H,36,37)(H,38,39)/t22?,27-,43?/m0/s1. The van der Waals surface area contributed by atoms with Crippen LogP contribution < -0.4 is 9.62 Å². The molecule has 43 heavy (non-hydrogen) atoms. The molecule has 10 nitrogen and oxygen atoms in total. The molecule has 0 spiro atoms. The largest absolute Gasteiger partial charge is 0.598 e. The molecule has 0 saturated carbocycles. The lowest BCUT2D eigenvalue weighted by atomic mass is 9.94. The summed E-state index contributed by atoms with van der Waals surface area (Å²) < 4.78 is 56.7. The van der Waals surface area contributed by atoms with Crippen molar-refractivity contribution in [2.24, 2.45) is 0 Å². The Morgan fingerprint density at radius 2 is 1.67 bits per heavy atom. The minimum Gasteiger partial charge on any atom is -0.598 e. The summed E-state index contributed by atoms with van der Waals surface area (Å²) in [6, 6.07) is 12.4. The smallest absolute Gasteiger partial charge is 0.422 e. The Bertz CT molecular complexity index is 1660. The Labute approximate surface area is 251 Å².